The Labute approximate surface area is 116 Å². The van der Waals surface area contributed by atoms with E-state index in [4.69, 9.17) is 0 Å². The van der Waals surface area contributed by atoms with Gasteiger partial charge in [-0.05, 0) is 16.7 Å². The van der Waals surface area contributed by atoms with Gasteiger partial charge in [0.05, 0.1) is 11.2 Å². The Hall–Kier alpha value is -1.97. The molecule has 0 fully saturated rings. The van der Waals surface area contributed by atoms with Crippen molar-refractivity contribution < 1.29 is 5.11 Å². The van der Waals surface area contributed by atoms with Gasteiger partial charge in [-0.2, -0.15) is 0 Å². The summed E-state index contributed by atoms with van der Waals surface area (Å²) in [5.74, 6) is 0. The van der Waals surface area contributed by atoms with Crippen molar-refractivity contribution in [3.63, 3.8) is 0 Å². The zero-order valence-corrected chi connectivity index (χ0v) is 11.0. The van der Waals surface area contributed by atoms with Crippen LogP contribution >= 0.6 is 11.3 Å². The lowest BCUT2D eigenvalue weighted by atomic mass is 10.0. The summed E-state index contributed by atoms with van der Waals surface area (Å²) in [5.41, 5.74) is 5.63. The van der Waals surface area contributed by atoms with Gasteiger partial charge in [0.25, 0.3) is 0 Å². The highest BCUT2D eigenvalue weighted by atomic mass is 32.1. The van der Waals surface area contributed by atoms with Crippen LogP contribution in [0.15, 0.2) is 65.5 Å². The summed E-state index contributed by atoms with van der Waals surface area (Å²) >= 11 is 1.49. The molecule has 3 heteroatoms. The van der Waals surface area contributed by atoms with Gasteiger partial charge in [-0.3, -0.25) is 0 Å². The molecule has 1 aromatic heterocycles. The predicted molar refractivity (Wildman–Crippen MR) is 78.1 cm³/mol. The van der Waals surface area contributed by atoms with Crippen LogP contribution in [0.5, 0.6) is 0 Å². The van der Waals surface area contributed by atoms with Gasteiger partial charge in [0, 0.05) is 5.38 Å². The van der Waals surface area contributed by atoms with Crippen LogP contribution in [0.4, 0.5) is 0 Å². The highest BCUT2D eigenvalue weighted by Crippen LogP contribution is 2.25. The molecule has 2 nitrogen and oxygen atoms in total. The molecule has 0 bridgehead atoms. The minimum absolute atomic E-state index is 0.643. The van der Waals surface area contributed by atoms with Crippen molar-refractivity contribution in [1.82, 2.24) is 4.98 Å². The monoisotopic (exact) mass is 267 g/mol. The molecule has 19 heavy (non-hydrogen) atoms. The molecule has 0 saturated carbocycles. The van der Waals surface area contributed by atoms with Crippen molar-refractivity contribution in [1.29, 1.82) is 0 Å². The summed E-state index contributed by atoms with van der Waals surface area (Å²) in [6, 6.07) is 18.2. The first kappa shape index (κ1) is 12.1. The summed E-state index contributed by atoms with van der Waals surface area (Å²) in [6.07, 6.45) is -0.643. The third kappa shape index (κ3) is 2.57. The van der Waals surface area contributed by atoms with E-state index in [0.29, 0.717) is 5.69 Å². The van der Waals surface area contributed by atoms with E-state index in [1.807, 2.05) is 47.8 Å². The number of benzene rings is 2. The molecule has 3 aromatic rings. The van der Waals surface area contributed by atoms with Crippen LogP contribution in [-0.2, 0) is 0 Å². The molecule has 1 N–H and O–H groups in total. The van der Waals surface area contributed by atoms with Crippen LogP contribution in [0.3, 0.4) is 0 Å². The van der Waals surface area contributed by atoms with Gasteiger partial charge in [-0.1, -0.05) is 54.6 Å². The van der Waals surface area contributed by atoms with Gasteiger partial charge in [-0.25, -0.2) is 4.98 Å². The molecule has 1 heterocycles. The standard InChI is InChI=1S/C16H13NOS/c18-16(15-10-19-11-17-15)14-8-6-13(7-9-14)12-4-2-1-3-5-12/h1-11,16,18H. The average molecular weight is 267 g/mol. The molecular formula is C16H13NOS. The van der Waals surface area contributed by atoms with Crippen molar-refractivity contribution in [3.05, 3.63) is 76.7 Å². The molecular weight excluding hydrogens is 254 g/mol. The number of hydrogen-bond donors (Lipinski definition) is 1. The van der Waals surface area contributed by atoms with E-state index < -0.39 is 6.10 Å². The molecule has 0 radical (unpaired) electrons. The maximum Gasteiger partial charge on any atom is 0.122 e. The number of aliphatic hydroxyl groups excluding tert-OH is 1. The van der Waals surface area contributed by atoms with Gasteiger partial charge in [0.15, 0.2) is 0 Å². The quantitative estimate of drug-likeness (QED) is 0.781. The van der Waals surface area contributed by atoms with Gasteiger partial charge in [-0.15, -0.1) is 11.3 Å². The van der Waals surface area contributed by atoms with Crippen LogP contribution in [-0.4, -0.2) is 10.1 Å². The van der Waals surface area contributed by atoms with Crippen LogP contribution in [0.1, 0.15) is 17.4 Å². The number of nitrogens with zero attached hydrogens (tertiary/aromatic N) is 1. The SMILES string of the molecule is OC(c1ccc(-c2ccccc2)cc1)c1cscn1. The lowest BCUT2D eigenvalue weighted by Crippen LogP contribution is -1.99. The van der Waals surface area contributed by atoms with E-state index in [1.54, 1.807) is 5.51 Å². The van der Waals surface area contributed by atoms with Gasteiger partial charge < -0.3 is 5.11 Å². The number of aromatic nitrogens is 1. The Morgan fingerprint density at radius 3 is 2.21 bits per heavy atom. The van der Waals surface area contributed by atoms with Gasteiger partial charge >= 0.3 is 0 Å². The second-order valence-electron chi connectivity index (χ2n) is 4.30. The number of rotatable bonds is 3. The lowest BCUT2D eigenvalue weighted by Gasteiger charge is -2.09. The maximum absolute atomic E-state index is 10.2. The highest BCUT2D eigenvalue weighted by molar-refractivity contribution is 7.07. The average Bonchev–Trinajstić information content (AvgIpc) is 3.02. The van der Waals surface area contributed by atoms with E-state index in [1.165, 1.54) is 16.9 Å². The van der Waals surface area contributed by atoms with Crippen LogP contribution in [0, 0.1) is 0 Å². The Morgan fingerprint density at radius 2 is 1.58 bits per heavy atom. The summed E-state index contributed by atoms with van der Waals surface area (Å²) in [7, 11) is 0. The van der Waals surface area contributed by atoms with E-state index >= 15 is 0 Å². The minimum atomic E-state index is -0.643. The largest absolute Gasteiger partial charge is 0.382 e. The topological polar surface area (TPSA) is 33.1 Å². The summed E-state index contributed by atoms with van der Waals surface area (Å²) < 4.78 is 0. The molecule has 0 spiro atoms. The number of hydrogen-bond acceptors (Lipinski definition) is 3. The first-order chi connectivity index (χ1) is 9.34. The van der Waals surface area contributed by atoms with Crippen molar-refractivity contribution >= 4 is 11.3 Å². The number of thiazole rings is 1. The van der Waals surface area contributed by atoms with Crippen LogP contribution in [0.25, 0.3) is 11.1 Å². The van der Waals surface area contributed by atoms with E-state index in [0.717, 1.165) is 11.1 Å². The second kappa shape index (κ2) is 5.34. The molecule has 0 saturated heterocycles. The maximum atomic E-state index is 10.2. The third-order valence-electron chi connectivity index (χ3n) is 3.07. The summed E-state index contributed by atoms with van der Waals surface area (Å²) in [5, 5.41) is 12.1. The van der Waals surface area contributed by atoms with Gasteiger partial charge in [0.1, 0.15) is 6.10 Å². The Bertz CT molecular complexity index is 632. The normalized spacial score (nSPS) is 12.3. The Morgan fingerprint density at radius 1 is 0.895 bits per heavy atom. The molecule has 0 aliphatic rings. The fraction of sp³-hybridized carbons (Fsp3) is 0.0625. The van der Waals surface area contributed by atoms with E-state index in [2.05, 4.69) is 17.1 Å². The molecule has 0 aliphatic heterocycles. The Kier molecular flexibility index (Phi) is 3.40. The van der Waals surface area contributed by atoms with E-state index in [9.17, 15) is 5.11 Å². The van der Waals surface area contributed by atoms with Crippen molar-refractivity contribution in [2.24, 2.45) is 0 Å². The number of aliphatic hydroxyl groups is 1. The molecule has 2 aromatic carbocycles. The van der Waals surface area contributed by atoms with E-state index in [-0.39, 0.29) is 0 Å². The molecule has 0 amide bonds. The molecule has 1 atom stereocenters. The Balaban J connectivity index is 1.87. The zero-order valence-electron chi connectivity index (χ0n) is 10.2. The summed E-state index contributed by atoms with van der Waals surface area (Å²) in [4.78, 5) is 4.14. The lowest BCUT2D eigenvalue weighted by molar-refractivity contribution is 0.216. The van der Waals surface area contributed by atoms with Crippen molar-refractivity contribution in [3.8, 4) is 11.1 Å². The highest BCUT2D eigenvalue weighted by Gasteiger charge is 2.12. The van der Waals surface area contributed by atoms with Crippen molar-refractivity contribution in [2.75, 3.05) is 0 Å². The fourth-order valence-corrected chi connectivity index (χ4v) is 2.59. The fourth-order valence-electron chi connectivity index (χ4n) is 2.02. The smallest absolute Gasteiger partial charge is 0.122 e. The predicted octanol–water partition coefficient (Wildman–Crippen LogP) is 3.89. The third-order valence-corrected chi connectivity index (χ3v) is 3.67. The second-order valence-corrected chi connectivity index (χ2v) is 5.02. The summed E-state index contributed by atoms with van der Waals surface area (Å²) in [6.45, 7) is 0. The molecule has 94 valence electrons. The molecule has 1 unspecified atom stereocenters. The molecule has 0 aliphatic carbocycles. The first-order valence-electron chi connectivity index (χ1n) is 6.06. The van der Waals surface area contributed by atoms with Gasteiger partial charge in [0.2, 0.25) is 0 Å². The molecule has 3 rings (SSSR count). The minimum Gasteiger partial charge on any atom is -0.382 e. The first-order valence-corrected chi connectivity index (χ1v) is 7.00. The van der Waals surface area contributed by atoms with Crippen LogP contribution in [0.2, 0.25) is 0 Å². The van der Waals surface area contributed by atoms with Crippen LogP contribution < -0.4 is 0 Å². The van der Waals surface area contributed by atoms with Crippen molar-refractivity contribution in [2.45, 2.75) is 6.10 Å². The zero-order chi connectivity index (χ0) is 13.1.